The Bertz CT molecular complexity index is 396. The van der Waals surface area contributed by atoms with Gasteiger partial charge in [0.1, 0.15) is 11.6 Å². The number of carbonyl (C=O) groups excluding carboxylic acids is 1. The number of hydrogen-bond acceptors (Lipinski definition) is 5. The molecule has 6 heteroatoms. The van der Waals surface area contributed by atoms with E-state index in [0.717, 1.165) is 37.6 Å². The van der Waals surface area contributed by atoms with Crippen molar-refractivity contribution < 1.29 is 4.79 Å². The summed E-state index contributed by atoms with van der Waals surface area (Å²) in [6.07, 6.45) is 5.37. The first-order chi connectivity index (χ1) is 9.21. The lowest BCUT2D eigenvalue weighted by Crippen LogP contribution is -2.36. The van der Waals surface area contributed by atoms with E-state index in [0.29, 0.717) is 6.54 Å². The predicted octanol–water partition coefficient (Wildman–Crippen LogP) is 1.26. The van der Waals surface area contributed by atoms with Crippen molar-refractivity contribution in [3.8, 4) is 0 Å². The Hall–Kier alpha value is -1.85. The van der Waals surface area contributed by atoms with Crippen LogP contribution in [-0.2, 0) is 4.79 Å². The molecular weight excluding hydrogens is 242 g/mol. The highest BCUT2D eigenvalue weighted by molar-refractivity contribution is 5.80. The van der Waals surface area contributed by atoms with E-state index in [-0.39, 0.29) is 5.91 Å². The molecule has 0 atom stereocenters. The van der Waals surface area contributed by atoms with Crippen molar-refractivity contribution in [2.45, 2.75) is 26.7 Å². The van der Waals surface area contributed by atoms with Gasteiger partial charge in [0.05, 0.1) is 18.9 Å². The number of rotatable bonds is 8. The highest BCUT2D eigenvalue weighted by atomic mass is 16.1. The van der Waals surface area contributed by atoms with Crippen molar-refractivity contribution >= 4 is 17.5 Å². The summed E-state index contributed by atoms with van der Waals surface area (Å²) in [7, 11) is 1.64. The summed E-state index contributed by atoms with van der Waals surface area (Å²) < 4.78 is 0. The van der Waals surface area contributed by atoms with Crippen LogP contribution in [0.25, 0.3) is 0 Å². The molecule has 1 heterocycles. The first-order valence-corrected chi connectivity index (χ1v) is 6.72. The average Bonchev–Trinajstić information content (AvgIpc) is 2.44. The van der Waals surface area contributed by atoms with Gasteiger partial charge >= 0.3 is 0 Å². The van der Waals surface area contributed by atoms with Crippen LogP contribution in [0, 0.1) is 0 Å². The van der Waals surface area contributed by atoms with Crippen molar-refractivity contribution in [1.29, 1.82) is 0 Å². The lowest BCUT2D eigenvalue weighted by Gasteiger charge is -2.22. The van der Waals surface area contributed by atoms with E-state index in [9.17, 15) is 4.79 Å². The van der Waals surface area contributed by atoms with Gasteiger partial charge in [0, 0.05) is 20.1 Å². The molecule has 1 aromatic heterocycles. The fraction of sp³-hybridized carbons (Fsp3) is 0.615. The zero-order valence-corrected chi connectivity index (χ0v) is 11.9. The summed E-state index contributed by atoms with van der Waals surface area (Å²) in [6.45, 7) is 6.11. The van der Waals surface area contributed by atoms with Crippen LogP contribution >= 0.6 is 0 Å². The number of anilines is 2. The molecule has 0 saturated heterocycles. The molecule has 6 nitrogen and oxygen atoms in total. The molecule has 0 bridgehead atoms. The van der Waals surface area contributed by atoms with Gasteiger partial charge in [-0.1, -0.05) is 13.8 Å². The topological polar surface area (TPSA) is 70.2 Å². The van der Waals surface area contributed by atoms with Crippen molar-refractivity contribution in [2.24, 2.45) is 0 Å². The van der Waals surface area contributed by atoms with Gasteiger partial charge in [0.25, 0.3) is 0 Å². The molecule has 1 rings (SSSR count). The summed E-state index contributed by atoms with van der Waals surface area (Å²) in [6, 6.07) is 0. The fourth-order valence-electron chi connectivity index (χ4n) is 1.64. The van der Waals surface area contributed by atoms with Gasteiger partial charge in [-0.15, -0.1) is 0 Å². The Morgan fingerprint density at radius 1 is 1.32 bits per heavy atom. The molecule has 0 fully saturated rings. The van der Waals surface area contributed by atoms with E-state index in [1.165, 1.54) is 0 Å². The molecule has 0 aliphatic carbocycles. The van der Waals surface area contributed by atoms with E-state index < -0.39 is 0 Å². The summed E-state index contributed by atoms with van der Waals surface area (Å²) >= 11 is 0. The number of nitrogens with zero attached hydrogens (tertiary/aromatic N) is 3. The number of nitrogens with one attached hydrogen (secondary N) is 2. The molecule has 19 heavy (non-hydrogen) atoms. The van der Waals surface area contributed by atoms with Crippen LogP contribution in [0.4, 0.5) is 11.6 Å². The van der Waals surface area contributed by atoms with Crippen LogP contribution in [-0.4, -0.2) is 42.6 Å². The molecule has 0 aliphatic rings. The van der Waals surface area contributed by atoms with Crippen LogP contribution in [0.5, 0.6) is 0 Å². The van der Waals surface area contributed by atoms with Crippen molar-refractivity contribution in [3.05, 3.63) is 12.4 Å². The number of amides is 1. The normalized spacial score (nSPS) is 10.1. The van der Waals surface area contributed by atoms with Crippen LogP contribution in [0.1, 0.15) is 26.7 Å². The van der Waals surface area contributed by atoms with Gasteiger partial charge < -0.3 is 15.5 Å². The second-order valence-electron chi connectivity index (χ2n) is 4.28. The second kappa shape index (κ2) is 8.29. The minimum atomic E-state index is -0.0258. The zero-order valence-electron chi connectivity index (χ0n) is 11.9. The van der Waals surface area contributed by atoms with Crippen molar-refractivity contribution in [3.63, 3.8) is 0 Å². The number of carbonyl (C=O) groups is 1. The van der Waals surface area contributed by atoms with E-state index in [1.807, 2.05) is 4.90 Å². The SMILES string of the molecule is CCCNc1cncc(N(CCC)CC(=O)NC)n1. The molecule has 0 aromatic carbocycles. The van der Waals surface area contributed by atoms with Gasteiger partial charge in [0.2, 0.25) is 5.91 Å². The smallest absolute Gasteiger partial charge is 0.239 e. The van der Waals surface area contributed by atoms with E-state index >= 15 is 0 Å². The van der Waals surface area contributed by atoms with Crippen LogP contribution in [0.3, 0.4) is 0 Å². The lowest BCUT2D eigenvalue weighted by atomic mass is 10.4. The van der Waals surface area contributed by atoms with Crippen LogP contribution < -0.4 is 15.5 Å². The van der Waals surface area contributed by atoms with E-state index in [1.54, 1.807) is 19.4 Å². The molecule has 0 radical (unpaired) electrons. The molecular formula is C13H23N5O. The van der Waals surface area contributed by atoms with Crippen molar-refractivity contribution in [2.75, 3.05) is 36.9 Å². The Balaban J connectivity index is 2.79. The van der Waals surface area contributed by atoms with Gasteiger partial charge in [-0.05, 0) is 12.8 Å². The molecule has 1 amide bonds. The number of aromatic nitrogens is 2. The molecule has 0 spiro atoms. The third kappa shape index (κ3) is 5.11. The zero-order chi connectivity index (χ0) is 14.1. The predicted molar refractivity (Wildman–Crippen MR) is 77.4 cm³/mol. The standard InChI is InChI=1S/C13H23N5O/c1-4-6-16-11-8-15-9-12(17-11)18(7-5-2)10-13(19)14-3/h8-9H,4-7,10H2,1-3H3,(H,14,19)(H,16,17). The summed E-state index contributed by atoms with van der Waals surface area (Å²) in [5, 5.41) is 5.83. The maximum atomic E-state index is 11.5. The second-order valence-corrected chi connectivity index (χ2v) is 4.28. The Labute approximate surface area is 114 Å². The number of hydrogen-bond donors (Lipinski definition) is 2. The maximum absolute atomic E-state index is 11.5. The molecule has 0 aliphatic heterocycles. The fourth-order valence-corrected chi connectivity index (χ4v) is 1.64. The van der Waals surface area contributed by atoms with Gasteiger partial charge in [0.15, 0.2) is 0 Å². The third-order valence-corrected chi connectivity index (χ3v) is 2.61. The van der Waals surface area contributed by atoms with Crippen LogP contribution in [0.2, 0.25) is 0 Å². The molecule has 0 saturated carbocycles. The third-order valence-electron chi connectivity index (χ3n) is 2.61. The highest BCUT2D eigenvalue weighted by Crippen LogP contribution is 2.12. The summed E-state index contributed by atoms with van der Waals surface area (Å²) in [5.41, 5.74) is 0. The highest BCUT2D eigenvalue weighted by Gasteiger charge is 2.12. The first kappa shape index (κ1) is 15.2. The number of likely N-dealkylation sites (N-methyl/N-ethyl adjacent to an activating group) is 1. The quantitative estimate of drug-likeness (QED) is 0.740. The minimum Gasteiger partial charge on any atom is -0.369 e. The minimum absolute atomic E-state index is 0.0258. The molecule has 2 N–H and O–H groups in total. The van der Waals surface area contributed by atoms with E-state index in [4.69, 9.17) is 0 Å². The van der Waals surface area contributed by atoms with Crippen molar-refractivity contribution in [1.82, 2.24) is 15.3 Å². The van der Waals surface area contributed by atoms with Gasteiger partial charge in [-0.25, -0.2) is 4.98 Å². The monoisotopic (exact) mass is 265 g/mol. The van der Waals surface area contributed by atoms with Gasteiger partial charge in [-0.3, -0.25) is 9.78 Å². The first-order valence-electron chi connectivity index (χ1n) is 6.72. The summed E-state index contributed by atoms with van der Waals surface area (Å²) in [5.74, 6) is 1.45. The summed E-state index contributed by atoms with van der Waals surface area (Å²) in [4.78, 5) is 22.1. The Morgan fingerprint density at radius 2 is 2.11 bits per heavy atom. The van der Waals surface area contributed by atoms with Gasteiger partial charge in [-0.2, -0.15) is 0 Å². The Kier molecular flexibility index (Phi) is 6.63. The maximum Gasteiger partial charge on any atom is 0.239 e. The van der Waals surface area contributed by atoms with Crippen LogP contribution in [0.15, 0.2) is 12.4 Å². The largest absolute Gasteiger partial charge is 0.369 e. The average molecular weight is 265 g/mol. The molecule has 106 valence electrons. The lowest BCUT2D eigenvalue weighted by molar-refractivity contribution is -0.119. The van der Waals surface area contributed by atoms with E-state index in [2.05, 4.69) is 34.4 Å². The molecule has 1 aromatic rings. The molecule has 0 unspecified atom stereocenters. The Morgan fingerprint density at radius 3 is 2.74 bits per heavy atom.